The van der Waals surface area contributed by atoms with E-state index >= 15 is 0 Å². The first-order valence-electron chi connectivity index (χ1n) is 29.6. The lowest BCUT2D eigenvalue weighted by Crippen LogP contribution is -2.32. The minimum Gasteiger partial charge on any atom is -0.340 e. The van der Waals surface area contributed by atoms with Gasteiger partial charge in [0.15, 0.2) is 11.6 Å². The molecule has 0 amide bonds. The van der Waals surface area contributed by atoms with Gasteiger partial charge >= 0.3 is 0 Å². The van der Waals surface area contributed by atoms with E-state index in [0.29, 0.717) is 23.4 Å². The average Bonchev–Trinajstić information content (AvgIpc) is 1.85. The van der Waals surface area contributed by atoms with Crippen molar-refractivity contribution >= 4 is 0 Å². The molecule has 91 heavy (non-hydrogen) atoms. The molecule has 0 bridgehead atoms. The van der Waals surface area contributed by atoms with Gasteiger partial charge in [0.05, 0.1) is 31.2 Å². The molecular formula is C62H108N27O2+. The molecule has 11 aromatic rings. The first-order chi connectivity index (χ1) is 42.0. The molecule has 11 aromatic heterocycles. The summed E-state index contributed by atoms with van der Waals surface area (Å²) in [6.45, 7) is 51.3. The van der Waals surface area contributed by atoms with Crippen molar-refractivity contribution in [3.8, 4) is 0 Å². The van der Waals surface area contributed by atoms with Crippen LogP contribution in [0.1, 0.15) is 150 Å². The predicted octanol–water partition coefficient (Wildman–Crippen LogP) is 8.34. The molecule has 0 aromatic carbocycles. The molecule has 0 aliphatic heterocycles. The number of nitrogens with zero attached hydrogens (tertiary/aromatic N) is 27. The number of aromatic nitrogens is 27. The van der Waals surface area contributed by atoms with E-state index in [1.54, 1.807) is 41.7 Å². The van der Waals surface area contributed by atoms with Gasteiger partial charge in [0.25, 0.3) is 5.82 Å². The third-order valence-electron chi connectivity index (χ3n) is 15.3. The standard InChI is InChI=1S/C8H15N2.3C7H12N2.5C5H9N3.2C4H6N2O/c1-6-7(2)10(5)8(3)9(6)4;3*1-5-6(2)8-9(4)7(5)3;2*1-4-6-7-5(2)8(4)3;3*1-4-6-5(2)8(3)7-4;2*1-3-5-4(2)7-6-3/h1-5H3;3*1-4H3;5*1-3H3;2*1-2H3/q+1;;;;;;;;;;. The van der Waals surface area contributed by atoms with Gasteiger partial charge in [-0.3, -0.25) is 28.1 Å². The molecule has 0 N–H and O–H groups in total. The van der Waals surface area contributed by atoms with Crippen molar-refractivity contribution in [1.29, 1.82) is 0 Å². The molecule has 0 fully saturated rings. The highest BCUT2D eigenvalue weighted by atomic mass is 16.5. The van der Waals surface area contributed by atoms with Crippen molar-refractivity contribution in [3.05, 3.63) is 150 Å². The van der Waals surface area contributed by atoms with E-state index in [1.807, 2.05) is 170 Å². The molecular weight excluding hydrogens is 1150 g/mol. The molecule has 0 aliphatic carbocycles. The highest BCUT2D eigenvalue weighted by molar-refractivity contribution is 5.23. The molecule has 29 heteroatoms. The Hall–Kier alpha value is -9.18. The second-order valence-electron chi connectivity index (χ2n) is 22.0. The molecule has 0 saturated heterocycles. The monoisotopic (exact) mass is 1260 g/mol. The van der Waals surface area contributed by atoms with Crippen molar-refractivity contribution in [2.75, 3.05) is 0 Å². The molecule has 11 rings (SSSR count). The summed E-state index contributed by atoms with van der Waals surface area (Å²) in [6, 6.07) is 0. The Morgan fingerprint density at radius 1 is 0.275 bits per heavy atom. The summed E-state index contributed by atoms with van der Waals surface area (Å²) < 4.78 is 28.5. The van der Waals surface area contributed by atoms with Crippen LogP contribution >= 0.6 is 0 Å². The van der Waals surface area contributed by atoms with Crippen molar-refractivity contribution in [3.63, 3.8) is 0 Å². The third kappa shape index (κ3) is 26.1. The van der Waals surface area contributed by atoms with E-state index in [0.717, 1.165) is 75.3 Å². The number of rotatable bonds is 0. The van der Waals surface area contributed by atoms with Gasteiger partial charge in [0.2, 0.25) is 11.8 Å². The lowest BCUT2D eigenvalue weighted by atomic mass is 10.2. The Bertz CT molecular complexity index is 3360. The van der Waals surface area contributed by atoms with Gasteiger partial charge in [-0.2, -0.15) is 40.6 Å². The largest absolute Gasteiger partial charge is 0.340 e. The van der Waals surface area contributed by atoms with Crippen LogP contribution in [-0.4, -0.2) is 128 Å². The van der Waals surface area contributed by atoms with Crippen LogP contribution in [0.2, 0.25) is 0 Å². The Kier molecular flexibility index (Phi) is 32.5. The molecule has 0 aliphatic rings. The fraction of sp³-hybridized carbons (Fsp3) is 0.581. The molecule has 0 unspecified atom stereocenters. The number of hydrogen-bond donors (Lipinski definition) is 0. The Morgan fingerprint density at radius 2 is 0.527 bits per heavy atom. The quantitative estimate of drug-likeness (QED) is 0.129. The van der Waals surface area contributed by atoms with Crippen molar-refractivity contribution in [2.45, 2.75) is 180 Å². The third-order valence-corrected chi connectivity index (χ3v) is 15.3. The maximum Gasteiger partial charge on any atom is 0.253 e. The van der Waals surface area contributed by atoms with E-state index in [-0.39, 0.29) is 0 Å². The van der Waals surface area contributed by atoms with E-state index in [9.17, 15) is 0 Å². The first kappa shape index (κ1) is 79.8. The number of imidazole rings is 1. The second-order valence-corrected chi connectivity index (χ2v) is 22.0. The SMILES string of the molecule is Cc1c(C)[n+](C)c(C)n1C.Cc1nc(C)n(C)n1.Cc1nc(C)n(C)n1.Cc1nc(C)n(C)n1.Cc1nn(C)c(C)c1C.Cc1nn(C)c(C)c1C.Cc1nn(C)c(C)c1C.Cc1nnc(C)n1C.Cc1nnc(C)n1C.Cc1noc(C)n1.Cc1noc(C)n1. The summed E-state index contributed by atoms with van der Waals surface area (Å²) in [5.41, 5.74) is 13.8. The average molecular weight is 1260 g/mol. The van der Waals surface area contributed by atoms with E-state index in [2.05, 4.69) is 181 Å². The first-order valence-corrected chi connectivity index (χ1v) is 29.6. The lowest BCUT2D eigenvalue weighted by molar-refractivity contribution is -0.683. The molecule has 502 valence electrons. The van der Waals surface area contributed by atoms with Crippen LogP contribution in [-0.2, 0) is 70.5 Å². The highest BCUT2D eigenvalue weighted by Crippen LogP contribution is 2.10. The van der Waals surface area contributed by atoms with Crippen LogP contribution in [0.15, 0.2) is 9.05 Å². The van der Waals surface area contributed by atoms with Crippen molar-refractivity contribution in [1.82, 2.24) is 128 Å². The fourth-order valence-electron chi connectivity index (χ4n) is 7.52. The summed E-state index contributed by atoms with van der Waals surface area (Å²) >= 11 is 0. The maximum atomic E-state index is 4.60. The van der Waals surface area contributed by atoms with Crippen LogP contribution in [0.4, 0.5) is 0 Å². The Morgan fingerprint density at radius 3 is 0.582 bits per heavy atom. The Balaban J connectivity index is 0.000000501. The maximum absolute atomic E-state index is 4.60. The van der Waals surface area contributed by atoms with Gasteiger partial charge in [0.1, 0.15) is 69.6 Å². The highest BCUT2D eigenvalue weighted by Gasteiger charge is 2.15. The molecule has 0 saturated carbocycles. The van der Waals surface area contributed by atoms with Crippen LogP contribution in [0.25, 0.3) is 0 Å². The van der Waals surface area contributed by atoms with Crippen LogP contribution in [0, 0.1) is 180 Å². The minimum atomic E-state index is 0.623. The molecule has 0 radical (unpaired) electrons. The predicted molar refractivity (Wildman–Crippen MR) is 353 cm³/mol. The topological polar surface area (TPSA) is 294 Å². The van der Waals surface area contributed by atoms with E-state index < -0.39 is 0 Å². The normalized spacial score (nSPS) is 9.98. The van der Waals surface area contributed by atoms with Crippen molar-refractivity contribution < 1.29 is 13.6 Å². The Labute approximate surface area is 539 Å². The molecule has 0 spiro atoms. The zero-order valence-electron chi connectivity index (χ0n) is 61.9. The summed E-state index contributed by atoms with van der Waals surface area (Å²) in [7, 11) is 19.6. The van der Waals surface area contributed by atoms with Gasteiger partial charge in [-0.05, 0) is 162 Å². The summed E-state index contributed by atoms with van der Waals surface area (Å²) in [4.78, 5) is 19.9. The zero-order valence-corrected chi connectivity index (χ0v) is 61.9. The fourth-order valence-corrected chi connectivity index (χ4v) is 7.52. The van der Waals surface area contributed by atoms with Crippen molar-refractivity contribution in [2.24, 2.45) is 70.5 Å². The molecule has 29 nitrogen and oxygen atoms in total. The second kappa shape index (κ2) is 37.1. The minimum absolute atomic E-state index is 0.623. The van der Waals surface area contributed by atoms with Crippen LogP contribution < -0.4 is 4.57 Å². The number of aryl methyl sites for hydroxylation is 23. The zero-order chi connectivity index (χ0) is 70.2. The molecule has 11 heterocycles. The van der Waals surface area contributed by atoms with Gasteiger partial charge in [-0.15, -0.1) is 20.4 Å². The summed E-state index contributed by atoms with van der Waals surface area (Å²) in [5.74, 6) is 13.2. The van der Waals surface area contributed by atoms with Gasteiger partial charge in [-0.1, -0.05) is 10.3 Å². The van der Waals surface area contributed by atoms with E-state index in [1.165, 1.54) is 51.0 Å². The molecule has 0 atom stereocenters. The van der Waals surface area contributed by atoms with Gasteiger partial charge in [0, 0.05) is 108 Å². The van der Waals surface area contributed by atoms with Gasteiger partial charge in [-0.25, -0.2) is 24.1 Å². The van der Waals surface area contributed by atoms with Crippen LogP contribution in [0.3, 0.4) is 0 Å². The van der Waals surface area contributed by atoms with E-state index in [4.69, 9.17) is 0 Å². The van der Waals surface area contributed by atoms with Gasteiger partial charge < -0.3 is 18.2 Å². The lowest BCUT2D eigenvalue weighted by Gasteiger charge is -1.90. The number of hydrogen-bond acceptors (Lipinski definition) is 19. The van der Waals surface area contributed by atoms with Crippen LogP contribution in [0.5, 0.6) is 0 Å². The summed E-state index contributed by atoms with van der Waals surface area (Å²) in [5, 5.41) is 47.1. The summed E-state index contributed by atoms with van der Waals surface area (Å²) in [6.07, 6.45) is 0. The smallest absolute Gasteiger partial charge is 0.253 e.